The van der Waals surface area contributed by atoms with E-state index in [0.29, 0.717) is 13.2 Å². The zero-order chi connectivity index (χ0) is 15.7. The van der Waals surface area contributed by atoms with Crippen molar-refractivity contribution in [2.75, 3.05) is 13.2 Å². The third kappa shape index (κ3) is 2.52. The van der Waals surface area contributed by atoms with Crippen LogP contribution in [0.3, 0.4) is 0 Å². The molecular weight excluding hydrogens is 282 g/mol. The van der Waals surface area contributed by atoms with E-state index in [0.717, 1.165) is 18.4 Å². The first-order valence-corrected chi connectivity index (χ1v) is 7.51. The highest BCUT2D eigenvalue weighted by molar-refractivity contribution is 6.08. The van der Waals surface area contributed by atoms with Gasteiger partial charge < -0.3 is 14.7 Å². The molecule has 0 unspecified atom stereocenters. The van der Waals surface area contributed by atoms with Crippen LogP contribution < -0.4 is 0 Å². The molecule has 1 aromatic carbocycles. The molecule has 0 spiro atoms. The summed E-state index contributed by atoms with van der Waals surface area (Å²) in [6.07, 6.45) is 1.83. The molecule has 5 nitrogen and oxygen atoms in total. The lowest BCUT2D eigenvalue weighted by Crippen LogP contribution is -2.37. The van der Waals surface area contributed by atoms with Crippen molar-refractivity contribution in [1.82, 2.24) is 4.90 Å². The summed E-state index contributed by atoms with van der Waals surface area (Å²) in [6, 6.07) is 8.79. The summed E-state index contributed by atoms with van der Waals surface area (Å²) in [6.45, 7) is 2.46. The van der Waals surface area contributed by atoms with E-state index >= 15 is 0 Å². The Bertz CT molecular complexity index is 617. The van der Waals surface area contributed by atoms with E-state index in [-0.39, 0.29) is 17.5 Å². The number of nitrogens with zero attached hydrogens (tertiary/aromatic N) is 1. The first-order valence-electron chi connectivity index (χ1n) is 7.51. The minimum atomic E-state index is -0.532. The van der Waals surface area contributed by atoms with Crippen LogP contribution in [0.4, 0.5) is 0 Å². The zero-order valence-electron chi connectivity index (χ0n) is 12.5. The van der Waals surface area contributed by atoms with E-state index in [4.69, 9.17) is 4.74 Å². The van der Waals surface area contributed by atoms with Crippen molar-refractivity contribution in [3.63, 3.8) is 0 Å². The van der Waals surface area contributed by atoms with Crippen molar-refractivity contribution >= 4 is 11.7 Å². The second-order valence-corrected chi connectivity index (χ2v) is 5.72. The Morgan fingerprint density at radius 1 is 1.36 bits per heavy atom. The fraction of sp³-hybridized carbons (Fsp3) is 0.412. The standard InChI is InChI=1S/C17H19NO4/c1-11(19)14-15(12-6-3-2-4-7-12)18(17(21)16(14)20)10-13-8-5-9-22-13/h2-4,6-7,13,15,20H,5,8-10H2,1H3/t13-,15+/m0/s1. The van der Waals surface area contributed by atoms with Crippen LogP contribution in [-0.4, -0.2) is 41.0 Å². The van der Waals surface area contributed by atoms with Crippen molar-refractivity contribution in [2.24, 2.45) is 0 Å². The molecule has 1 saturated heterocycles. The molecule has 0 radical (unpaired) electrons. The maximum atomic E-state index is 12.4. The number of rotatable bonds is 4. The quantitative estimate of drug-likeness (QED) is 0.925. The number of aliphatic hydroxyl groups excluding tert-OH is 1. The Morgan fingerprint density at radius 3 is 2.68 bits per heavy atom. The fourth-order valence-corrected chi connectivity index (χ4v) is 3.19. The number of Topliss-reactive ketones (excluding diaryl/α,β-unsaturated/α-hetero) is 1. The summed E-state index contributed by atoms with van der Waals surface area (Å²) in [5, 5.41) is 10.1. The van der Waals surface area contributed by atoms with E-state index in [1.807, 2.05) is 30.3 Å². The number of benzene rings is 1. The van der Waals surface area contributed by atoms with Gasteiger partial charge in [0.25, 0.3) is 5.91 Å². The molecule has 116 valence electrons. The molecule has 1 fully saturated rings. The van der Waals surface area contributed by atoms with Crippen molar-refractivity contribution in [1.29, 1.82) is 0 Å². The van der Waals surface area contributed by atoms with Gasteiger partial charge in [0, 0.05) is 13.2 Å². The van der Waals surface area contributed by atoms with Gasteiger partial charge in [-0.25, -0.2) is 0 Å². The molecular formula is C17H19NO4. The largest absolute Gasteiger partial charge is 0.503 e. The third-order valence-electron chi connectivity index (χ3n) is 4.22. The minimum absolute atomic E-state index is 0.0331. The van der Waals surface area contributed by atoms with Crippen LogP contribution in [0.5, 0.6) is 0 Å². The second kappa shape index (κ2) is 5.93. The van der Waals surface area contributed by atoms with Crippen LogP contribution in [0.15, 0.2) is 41.7 Å². The van der Waals surface area contributed by atoms with E-state index in [1.165, 1.54) is 6.92 Å². The molecule has 0 aliphatic carbocycles. The van der Waals surface area contributed by atoms with Crippen molar-refractivity contribution in [2.45, 2.75) is 31.9 Å². The number of amides is 1. The van der Waals surface area contributed by atoms with Gasteiger partial charge in [-0.15, -0.1) is 0 Å². The molecule has 0 bridgehead atoms. The number of carbonyl (C=O) groups is 2. The number of ether oxygens (including phenoxy) is 1. The average Bonchev–Trinajstić information content (AvgIpc) is 3.10. The van der Waals surface area contributed by atoms with Gasteiger partial charge >= 0.3 is 0 Å². The summed E-state index contributed by atoms with van der Waals surface area (Å²) in [5.74, 6) is -1.21. The maximum Gasteiger partial charge on any atom is 0.290 e. The fourth-order valence-electron chi connectivity index (χ4n) is 3.19. The Labute approximate surface area is 129 Å². The highest BCUT2D eigenvalue weighted by Gasteiger charge is 2.43. The number of carbonyl (C=O) groups excluding carboxylic acids is 2. The Balaban J connectivity index is 1.97. The SMILES string of the molecule is CC(=O)C1=C(O)C(=O)N(C[C@@H]2CCCO2)[C@@H]1c1ccccc1. The normalized spacial score (nSPS) is 25.1. The predicted molar refractivity (Wildman–Crippen MR) is 80.2 cm³/mol. The molecule has 0 aromatic heterocycles. The summed E-state index contributed by atoms with van der Waals surface area (Å²) in [5.41, 5.74) is 0.997. The number of hydrogen-bond acceptors (Lipinski definition) is 4. The van der Waals surface area contributed by atoms with Crippen LogP contribution in [0.25, 0.3) is 0 Å². The van der Waals surface area contributed by atoms with Gasteiger partial charge in [0.15, 0.2) is 11.5 Å². The topological polar surface area (TPSA) is 66.8 Å². The molecule has 0 saturated carbocycles. The van der Waals surface area contributed by atoms with Gasteiger partial charge in [-0.05, 0) is 25.3 Å². The lowest BCUT2D eigenvalue weighted by Gasteiger charge is -2.28. The number of ketones is 1. The molecule has 1 N–H and O–H groups in total. The van der Waals surface area contributed by atoms with E-state index < -0.39 is 17.7 Å². The van der Waals surface area contributed by atoms with Gasteiger partial charge in [0.1, 0.15) is 0 Å². The van der Waals surface area contributed by atoms with Gasteiger partial charge in [-0.3, -0.25) is 9.59 Å². The summed E-state index contributed by atoms with van der Waals surface area (Å²) in [4.78, 5) is 25.9. The number of hydrogen-bond donors (Lipinski definition) is 1. The first-order chi connectivity index (χ1) is 10.6. The van der Waals surface area contributed by atoms with E-state index in [2.05, 4.69) is 0 Å². The van der Waals surface area contributed by atoms with Crippen LogP contribution in [0.1, 0.15) is 31.4 Å². The highest BCUT2D eigenvalue weighted by Crippen LogP contribution is 2.38. The molecule has 2 aliphatic rings. The first kappa shape index (κ1) is 14.8. The van der Waals surface area contributed by atoms with E-state index in [9.17, 15) is 14.7 Å². The zero-order valence-corrected chi connectivity index (χ0v) is 12.5. The third-order valence-corrected chi connectivity index (χ3v) is 4.22. The minimum Gasteiger partial charge on any atom is -0.503 e. The molecule has 2 atom stereocenters. The molecule has 3 rings (SSSR count). The molecule has 22 heavy (non-hydrogen) atoms. The van der Waals surface area contributed by atoms with Crippen molar-refractivity contribution in [3.8, 4) is 0 Å². The Hall–Kier alpha value is -2.14. The molecule has 2 heterocycles. The monoisotopic (exact) mass is 301 g/mol. The Kier molecular flexibility index (Phi) is 3.98. The average molecular weight is 301 g/mol. The van der Waals surface area contributed by atoms with Crippen LogP contribution in [0, 0.1) is 0 Å². The maximum absolute atomic E-state index is 12.4. The predicted octanol–water partition coefficient (Wildman–Crippen LogP) is 2.15. The lowest BCUT2D eigenvalue weighted by atomic mass is 9.96. The second-order valence-electron chi connectivity index (χ2n) is 5.72. The smallest absolute Gasteiger partial charge is 0.290 e. The van der Waals surface area contributed by atoms with E-state index in [1.54, 1.807) is 4.90 Å². The van der Waals surface area contributed by atoms with Gasteiger partial charge in [0.05, 0.1) is 17.7 Å². The number of aliphatic hydroxyl groups is 1. The Morgan fingerprint density at radius 2 is 2.09 bits per heavy atom. The summed E-state index contributed by atoms with van der Waals surface area (Å²) < 4.78 is 5.60. The summed E-state index contributed by atoms with van der Waals surface area (Å²) >= 11 is 0. The van der Waals surface area contributed by atoms with Gasteiger partial charge in [0.2, 0.25) is 0 Å². The molecule has 1 aromatic rings. The highest BCUT2D eigenvalue weighted by atomic mass is 16.5. The van der Waals surface area contributed by atoms with Crippen LogP contribution in [0.2, 0.25) is 0 Å². The summed E-state index contributed by atoms with van der Waals surface area (Å²) in [7, 11) is 0. The van der Waals surface area contributed by atoms with Crippen LogP contribution in [-0.2, 0) is 14.3 Å². The molecule has 1 amide bonds. The molecule has 2 aliphatic heterocycles. The van der Waals surface area contributed by atoms with Crippen molar-refractivity contribution < 1.29 is 19.4 Å². The lowest BCUT2D eigenvalue weighted by molar-refractivity contribution is -0.131. The van der Waals surface area contributed by atoms with Crippen LogP contribution >= 0.6 is 0 Å². The van der Waals surface area contributed by atoms with Gasteiger partial charge in [-0.1, -0.05) is 30.3 Å². The molecule has 5 heteroatoms. The van der Waals surface area contributed by atoms with Gasteiger partial charge in [-0.2, -0.15) is 0 Å². The van der Waals surface area contributed by atoms with Crippen molar-refractivity contribution in [3.05, 3.63) is 47.2 Å².